The third-order valence-electron chi connectivity index (χ3n) is 11.2. The van der Waals surface area contributed by atoms with Crippen LogP contribution in [0.3, 0.4) is 0 Å². The summed E-state index contributed by atoms with van der Waals surface area (Å²) in [5.41, 5.74) is 0.652. The summed E-state index contributed by atoms with van der Waals surface area (Å²) in [7, 11) is 0. The third-order valence-corrected chi connectivity index (χ3v) is 16.4. The molecule has 0 bridgehead atoms. The van der Waals surface area contributed by atoms with E-state index in [9.17, 15) is 0 Å². The highest BCUT2D eigenvalue weighted by Gasteiger charge is 2.25. The van der Waals surface area contributed by atoms with Crippen LogP contribution in [-0.4, -0.2) is 71.7 Å². The molecule has 0 aliphatic rings. The van der Waals surface area contributed by atoms with E-state index in [0.717, 1.165) is 75.3 Å². The molecule has 1 aromatic carbocycles. The van der Waals surface area contributed by atoms with Crippen molar-refractivity contribution in [2.45, 2.75) is 189 Å². The third kappa shape index (κ3) is 24.5. The maximum Gasteiger partial charge on any atom is 0.248 e. The van der Waals surface area contributed by atoms with Crippen molar-refractivity contribution in [3.05, 3.63) is 23.8 Å². The van der Waals surface area contributed by atoms with Gasteiger partial charge in [-0.3, -0.25) is 4.90 Å². The van der Waals surface area contributed by atoms with Crippen LogP contribution in [-0.2, 0) is 27.5 Å². The smallest absolute Gasteiger partial charge is 0.248 e. The normalized spacial score (nSPS) is 14.2. The Morgan fingerprint density at radius 2 is 1.21 bits per heavy atom. The summed E-state index contributed by atoms with van der Waals surface area (Å²) < 4.78 is 15.4. The average Bonchev–Trinajstić information content (AvgIpc) is 3.60. The van der Waals surface area contributed by atoms with Crippen LogP contribution in [0, 0.1) is 18.8 Å². The van der Waals surface area contributed by atoms with E-state index in [-0.39, 0.29) is 0 Å². The zero-order valence-electron chi connectivity index (χ0n) is 37.2. The van der Waals surface area contributed by atoms with Gasteiger partial charge in [0.2, 0.25) is 5.69 Å². The molecule has 56 heavy (non-hydrogen) atoms. The van der Waals surface area contributed by atoms with Crippen LogP contribution in [0.2, 0.25) is 0 Å². The predicted octanol–water partition coefficient (Wildman–Crippen LogP) is 13.0. The van der Waals surface area contributed by atoms with E-state index in [1.165, 1.54) is 121 Å². The van der Waals surface area contributed by atoms with Gasteiger partial charge in [-0.05, 0) is 107 Å². The lowest BCUT2D eigenvalue weighted by molar-refractivity contribution is 0.188. The second-order valence-corrected chi connectivity index (χ2v) is 22.6. The lowest BCUT2D eigenvalue weighted by atomic mass is 10.0. The number of fused-ring (bicyclic) bond motifs is 1. The minimum Gasteiger partial charge on any atom is -0.321 e. The predicted molar refractivity (Wildman–Crippen MR) is 250 cm³/mol. The van der Waals surface area contributed by atoms with Gasteiger partial charge in [-0.15, -0.1) is 5.10 Å². The van der Waals surface area contributed by atoms with Gasteiger partial charge in [0.1, 0.15) is 5.52 Å². The molecule has 2 atom stereocenters. The van der Waals surface area contributed by atoms with E-state index < -0.39 is 5.69 Å². The van der Waals surface area contributed by atoms with Crippen molar-refractivity contribution >= 4 is 39.9 Å². The number of aryl methyl sites for hydroxylation is 1. The lowest BCUT2D eigenvalue weighted by Crippen LogP contribution is -2.30. The van der Waals surface area contributed by atoms with Gasteiger partial charge in [-0.25, -0.2) is 4.68 Å². The van der Waals surface area contributed by atoms with Gasteiger partial charge >= 0.3 is 0 Å². The number of benzene rings is 1. The monoisotopic (exact) mass is 839 g/mol. The maximum absolute atomic E-state index is 6.68. The van der Waals surface area contributed by atoms with E-state index in [4.69, 9.17) is 20.9 Å². The fraction of sp³-hybridized carbons (Fsp3) is 0.867. The lowest BCUT2D eigenvalue weighted by Gasteiger charge is -2.29. The number of hydrogen-bond acceptors (Lipinski definition) is 9. The number of aromatic nitrogens is 3. The maximum atomic E-state index is 6.68. The van der Waals surface area contributed by atoms with Gasteiger partial charge < -0.3 is 19.7 Å². The summed E-state index contributed by atoms with van der Waals surface area (Å²) in [6, 6.07) is 6.40. The fourth-order valence-corrected chi connectivity index (χ4v) is 11.2. The molecule has 0 spiro atoms. The van der Waals surface area contributed by atoms with E-state index in [1.54, 1.807) is 11.4 Å². The molecule has 2 aromatic rings. The van der Waals surface area contributed by atoms with Crippen molar-refractivity contribution in [1.29, 1.82) is 0 Å². The van der Waals surface area contributed by atoms with Gasteiger partial charge in [0.25, 0.3) is 0 Å². The number of unbranched alkanes of at least 4 members (excludes halogenated alkanes) is 13. The molecule has 0 saturated heterocycles. The molecular weight excluding hydrogens is 752 g/mol. The summed E-state index contributed by atoms with van der Waals surface area (Å²) in [6.45, 7) is 20.7. The second-order valence-electron chi connectivity index (χ2n) is 16.3. The van der Waals surface area contributed by atoms with Crippen LogP contribution < -0.4 is 10.6 Å². The molecule has 0 saturated carbocycles. The van der Waals surface area contributed by atoms with Crippen molar-refractivity contribution in [3.8, 4) is 0 Å². The van der Waals surface area contributed by atoms with E-state index in [2.05, 4.69) is 85.6 Å². The molecule has 0 aliphatic heterocycles. The van der Waals surface area contributed by atoms with Crippen molar-refractivity contribution in [3.63, 3.8) is 0 Å². The van der Waals surface area contributed by atoms with Crippen LogP contribution in [0.25, 0.3) is 11.0 Å². The minimum absolute atomic E-state index is 0.528. The van der Waals surface area contributed by atoms with Crippen LogP contribution in [0.15, 0.2) is 18.2 Å². The molecule has 2 unspecified atom stereocenters. The van der Waals surface area contributed by atoms with Crippen molar-refractivity contribution in [1.82, 2.24) is 30.5 Å². The van der Waals surface area contributed by atoms with Crippen LogP contribution in [0.1, 0.15) is 181 Å². The van der Waals surface area contributed by atoms with Crippen molar-refractivity contribution in [2.24, 2.45) is 11.8 Å². The van der Waals surface area contributed by atoms with Crippen LogP contribution >= 0.6 is 17.1 Å². The molecule has 2 N–H and O–H groups in total. The summed E-state index contributed by atoms with van der Waals surface area (Å²) in [4.78, 5) is 2.45. The number of hydrogen-bond donors (Lipinski definition) is 2. The first-order chi connectivity index (χ1) is 27.4. The van der Waals surface area contributed by atoms with Gasteiger partial charge in [0.15, 0.2) is 0 Å². The SMILES string of the molecule is CCCCCCCCCCCCCCNCCCNCCCN(CSP(=S)(OCC(CC)CCCC)OCC(CC)CCCC)Cn1nnc2cc(C)ccc21. The molecule has 0 aliphatic carbocycles. The average molecular weight is 839 g/mol. The van der Waals surface area contributed by atoms with Gasteiger partial charge in [-0.2, -0.15) is 0 Å². The molecule has 11 heteroatoms. The molecule has 2 rings (SSSR count). The molecule has 0 amide bonds. The number of rotatable bonds is 40. The largest absolute Gasteiger partial charge is 0.321 e. The highest BCUT2D eigenvalue weighted by atomic mass is 32.9. The van der Waals surface area contributed by atoms with Crippen molar-refractivity contribution < 1.29 is 9.05 Å². The summed E-state index contributed by atoms with van der Waals surface area (Å²) in [6.07, 6.45) is 28.6. The highest BCUT2D eigenvalue weighted by Crippen LogP contribution is 2.62. The Kier molecular flexibility index (Phi) is 31.5. The Labute approximate surface area is 354 Å². The first-order valence-corrected chi connectivity index (χ1v) is 27.6. The summed E-state index contributed by atoms with van der Waals surface area (Å²) >= 11 is 8.06. The first kappa shape index (κ1) is 51.6. The molecule has 8 nitrogen and oxygen atoms in total. The molecule has 1 heterocycles. The topological polar surface area (TPSA) is 76.5 Å². The van der Waals surface area contributed by atoms with Crippen LogP contribution in [0.5, 0.6) is 0 Å². The Morgan fingerprint density at radius 3 is 1.77 bits per heavy atom. The quantitative estimate of drug-likeness (QED) is 0.0388. The minimum atomic E-state index is -2.56. The van der Waals surface area contributed by atoms with Crippen LogP contribution in [0.4, 0.5) is 0 Å². The Hall–Kier alpha value is -0.580. The molecule has 1 aromatic heterocycles. The highest BCUT2D eigenvalue weighted by molar-refractivity contribution is 8.67. The Morgan fingerprint density at radius 1 is 0.696 bits per heavy atom. The Balaban J connectivity index is 1.82. The zero-order valence-corrected chi connectivity index (χ0v) is 39.7. The van der Waals surface area contributed by atoms with Gasteiger partial charge in [-0.1, -0.05) is 166 Å². The molecular formula is C45H87N6O2PS2. The molecule has 0 fully saturated rings. The summed E-state index contributed by atoms with van der Waals surface area (Å²) in [5.74, 6) is 1.80. The number of nitrogens with one attached hydrogen (secondary N) is 2. The molecule has 326 valence electrons. The van der Waals surface area contributed by atoms with Gasteiger partial charge in [0, 0.05) is 6.54 Å². The van der Waals surface area contributed by atoms with E-state index >= 15 is 0 Å². The first-order valence-electron chi connectivity index (χ1n) is 23.3. The Bertz CT molecular complexity index is 1230. The standard InChI is InChI=1S/C45H87N6O2PS2/c1-7-12-15-16-17-18-19-20-21-22-23-24-31-46-32-25-33-47-34-26-35-50(39-51-45-30-29-41(6)36-44(45)48-49-51)40-56-54(55,52-37-42(10-4)27-13-8-2)53-38-43(11-5)28-14-9-3/h29-30,36,42-43,46-47H,7-28,31-35,37-40H2,1-6H3. The van der Waals surface area contributed by atoms with E-state index in [1.807, 2.05) is 4.68 Å². The van der Waals surface area contributed by atoms with Crippen molar-refractivity contribution in [2.75, 3.05) is 51.8 Å². The number of nitrogens with zero attached hydrogens (tertiary/aromatic N) is 4. The van der Waals surface area contributed by atoms with Gasteiger partial charge in [0.05, 0.1) is 31.3 Å². The van der Waals surface area contributed by atoms with E-state index in [0.29, 0.717) is 31.7 Å². The fourth-order valence-electron chi connectivity index (χ4n) is 7.11. The zero-order chi connectivity index (χ0) is 40.5. The second kappa shape index (κ2) is 34.2. The summed E-state index contributed by atoms with van der Waals surface area (Å²) in [5, 5.41) is 16.4. The molecule has 0 radical (unpaired) electrons.